The van der Waals surface area contributed by atoms with Crippen LogP contribution in [0.3, 0.4) is 0 Å². The van der Waals surface area contributed by atoms with Gasteiger partial charge >= 0.3 is 0 Å². The van der Waals surface area contributed by atoms with Gasteiger partial charge in [0.2, 0.25) is 0 Å². The van der Waals surface area contributed by atoms with Crippen LogP contribution in [-0.2, 0) is 0 Å². The van der Waals surface area contributed by atoms with Crippen LogP contribution in [0, 0.1) is 18.3 Å². The van der Waals surface area contributed by atoms with E-state index in [1.165, 1.54) is 11.0 Å². The number of anilines is 1. The second-order valence-electron chi connectivity index (χ2n) is 6.47. The number of benzene rings is 3. The Morgan fingerprint density at radius 1 is 1.07 bits per heavy atom. The third kappa shape index (κ3) is 4.15. The van der Waals surface area contributed by atoms with Gasteiger partial charge in [-0.2, -0.15) is 5.26 Å². The molecule has 3 aromatic carbocycles. The number of carbonyl (C=O) groups excluding carboxylic acids is 1. The minimum Gasteiger partial charge on any atom is -0.457 e. The van der Waals surface area contributed by atoms with Crippen LogP contribution in [-0.4, -0.2) is 26.1 Å². The fourth-order valence-electron chi connectivity index (χ4n) is 2.84. The summed E-state index contributed by atoms with van der Waals surface area (Å²) in [4.78, 5) is 12.7. The molecule has 0 fully saturated rings. The maximum Gasteiger partial charge on any atom is 0.255 e. The highest BCUT2D eigenvalue weighted by Gasteiger charge is 2.10. The van der Waals surface area contributed by atoms with Crippen molar-refractivity contribution in [1.29, 1.82) is 5.26 Å². The van der Waals surface area contributed by atoms with E-state index < -0.39 is 0 Å². The molecule has 0 unspecified atom stereocenters. The summed E-state index contributed by atoms with van der Waals surface area (Å²) in [6.07, 6.45) is 1.47. The van der Waals surface area contributed by atoms with Gasteiger partial charge in [0.25, 0.3) is 5.91 Å². The van der Waals surface area contributed by atoms with E-state index in [1.54, 1.807) is 54.6 Å². The van der Waals surface area contributed by atoms with Crippen LogP contribution in [0.5, 0.6) is 11.5 Å². The maximum absolute atomic E-state index is 12.7. The second kappa shape index (κ2) is 8.24. The van der Waals surface area contributed by atoms with Crippen molar-refractivity contribution in [1.82, 2.24) is 20.2 Å². The summed E-state index contributed by atoms with van der Waals surface area (Å²) in [7, 11) is 0. The van der Waals surface area contributed by atoms with Crippen molar-refractivity contribution < 1.29 is 9.53 Å². The van der Waals surface area contributed by atoms with E-state index in [0.717, 1.165) is 5.56 Å². The zero-order chi connectivity index (χ0) is 20.9. The number of amides is 1. The Labute approximate surface area is 172 Å². The number of nitrogens with zero attached hydrogens (tertiary/aromatic N) is 5. The van der Waals surface area contributed by atoms with Gasteiger partial charge in [-0.1, -0.05) is 6.07 Å². The first-order valence-corrected chi connectivity index (χ1v) is 9.06. The Kier molecular flexibility index (Phi) is 5.17. The van der Waals surface area contributed by atoms with Crippen LogP contribution in [0.15, 0.2) is 73.1 Å². The summed E-state index contributed by atoms with van der Waals surface area (Å²) in [5, 5.41) is 22.8. The van der Waals surface area contributed by atoms with Crippen molar-refractivity contribution >= 4 is 11.6 Å². The zero-order valence-electron chi connectivity index (χ0n) is 16.0. The van der Waals surface area contributed by atoms with Crippen molar-refractivity contribution in [2.45, 2.75) is 6.92 Å². The molecule has 1 N–H and O–H groups in total. The number of hydrogen-bond acceptors (Lipinski definition) is 6. The fraction of sp³-hybridized carbons (Fsp3) is 0.0455. The second-order valence-corrected chi connectivity index (χ2v) is 6.47. The molecule has 0 aliphatic rings. The van der Waals surface area contributed by atoms with Crippen LogP contribution in [0.1, 0.15) is 21.5 Å². The number of aromatic nitrogens is 4. The monoisotopic (exact) mass is 396 g/mol. The molecule has 0 atom stereocenters. The van der Waals surface area contributed by atoms with Gasteiger partial charge in [-0.15, -0.1) is 5.10 Å². The number of nitriles is 1. The first-order chi connectivity index (χ1) is 14.6. The largest absolute Gasteiger partial charge is 0.457 e. The summed E-state index contributed by atoms with van der Waals surface area (Å²) in [5.41, 5.74) is 3.28. The van der Waals surface area contributed by atoms with Crippen molar-refractivity contribution in [2.75, 3.05) is 5.32 Å². The van der Waals surface area contributed by atoms with Gasteiger partial charge in [0.05, 0.1) is 17.3 Å². The number of nitrogens with one attached hydrogen (secondary N) is 1. The molecular weight excluding hydrogens is 380 g/mol. The normalized spacial score (nSPS) is 10.3. The lowest BCUT2D eigenvalue weighted by atomic mass is 10.1. The van der Waals surface area contributed by atoms with Gasteiger partial charge in [0, 0.05) is 11.3 Å². The molecule has 1 aromatic heterocycles. The molecule has 4 aromatic rings. The summed E-state index contributed by atoms with van der Waals surface area (Å²) in [5.74, 6) is 1.02. The van der Waals surface area contributed by atoms with Crippen molar-refractivity contribution in [3.8, 4) is 23.3 Å². The van der Waals surface area contributed by atoms with Crippen LogP contribution < -0.4 is 10.1 Å². The molecule has 1 heterocycles. The molecule has 0 aliphatic heterocycles. The van der Waals surface area contributed by atoms with E-state index in [1.807, 2.05) is 19.1 Å². The lowest BCUT2D eigenvalue weighted by molar-refractivity contribution is 0.102. The minimum absolute atomic E-state index is 0.242. The maximum atomic E-state index is 12.7. The molecule has 0 aliphatic carbocycles. The first-order valence-electron chi connectivity index (χ1n) is 9.06. The number of ether oxygens (including phenoxy) is 1. The Hall–Kier alpha value is -4.51. The van der Waals surface area contributed by atoms with Crippen molar-refractivity contribution in [3.05, 3.63) is 89.7 Å². The Balaban J connectivity index is 1.47. The number of tetrazole rings is 1. The average molecular weight is 396 g/mol. The quantitative estimate of drug-likeness (QED) is 0.549. The smallest absolute Gasteiger partial charge is 0.255 e. The summed E-state index contributed by atoms with van der Waals surface area (Å²) in [6, 6.07) is 21.4. The highest BCUT2D eigenvalue weighted by molar-refractivity contribution is 6.05. The number of rotatable bonds is 5. The zero-order valence-corrected chi connectivity index (χ0v) is 16.0. The van der Waals surface area contributed by atoms with Crippen molar-refractivity contribution in [2.24, 2.45) is 0 Å². The molecule has 8 heteroatoms. The van der Waals surface area contributed by atoms with E-state index in [0.29, 0.717) is 34.0 Å². The lowest BCUT2D eigenvalue weighted by Crippen LogP contribution is -2.13. The van der Waals surface area contributed by atoms with Crippen LogP contribution >= 0.6 is 0 Å². The van der Waals surface area contributed by atoms with Gasteiger partial charge in [-0.25, -0.2) is 4.68 Å². The number of hydrogen-bond donors (Lipinski definition) is 1. The molecule has 8 nitrogen and oxygen atoms in total. The number of aryl methyl sites for hydroxylation is 1. The molecule has 146 valence electrons. The predicted octanol–water partition coefficient (Wildman–Crippen LogP) is 3.89. The van der Waals surface area contributed by atoms with E-state index in [4.69, 9.17) is 10.00 Å². The van der Waals surface area contributed by atoms with E-state index >= 15 is 0 Å². The van der Waals surface area contributed by atoms with Gasteiger partial charge in [0.1, 0.15) is 17.8 Å². The topological polar surface area (TPSA) is 106 Å². The van der Waals surface area contributed by atoms with Gasteiger partial charge in [-0.3, -0.25) is 4.79 Å². The SMILES string of the molecule is Cc1cc(Oc2ccc(C#N)cc2)ccc1NC(=O)c1cccc(-n2cnnn2)c1. The summed E-state index contributed by atoms with van der Waals surface area (Å²) < 4.78 is 7.30. The molecule has 0 saturated heterocycles. The van der Waals surface area contributed by atoms with Crippen molar-refractivity contribution in [3.63, 3.8) is 0 Å². The van der Waals surface area contributed by atoms with Gasteiger partial charge < -0.3 is 10.1 Å². The van der Waals surface area contributed by atoms with E-state index in [9.17, 15) is 4.79 Å². The van der Waals surface area contributed by atoms with E-state index in [-0.39, 0.29) is 5.91 Å². The summed E-state index contributed by atoms with van der Waals surface area (Å²) >= 11 is 0. The molecule has 0 bridgehead atoms. The fourth-order valence-corrected chi connectivity index (χ4v) is 2.84. The molecule has 0 saturated carbocycles. The Bertz CT molecular complexity index is 1230. The minimum atomic E-state index is -0.242. The van der Waals surface area contributed by atoms with Gasteiger partial charge in [0.15, 0.2) is 0 Å². The average Bonchev–Trinajstić information content (AvgIpc) is 3.31. The predicted molar refractivity (Wildman–Crippen MR) is 110 cm³/mol. The standard InChI is InChI=1S/C22H16N6O2/c1-15-11-20(30-19-7-5-16(13-23)6-8-19)9-10-21(15)25-22(29)17-3-2-4-18(12-17)28-14-24-26-27-28/h2-12,14H,1H3,(H,25,29). The van der Waals surface area contributed by atoms with Crippen LogP contribution in [0.4, 0.5) is 5.69 Å². The summed E-state index contributed by atoms with van der Waals surface area (Å²) in [6.45, 7) is 1.89. The van der Waals surface area contributed by atoms with E-state index in [2.05, 4.69) is 26.9 Å². The third-order valence-electron chi connectivity index (χ3n) is 4.39. The Morgan fingerprint density at radius 3 is 2.57 bits per heavy atom. The highest BCUT2D eigenvalue weighted by atomic mass is 16.5. The molecule has 4 rings (SSSR count). The molecule has 30 heavy (non-hydrogen) atoms. The molecule has 0 radical (unpaired) electrons. The molecule has 1 amide bonds. The van der Waals surface area contributed by atoms with Crippen LogP contribution in [0.25, 0.3) is 5.69 Å². The van der Waals surface area contributed by atoms with Gasteiger partial charge in [-0.05, 0) is 83.6 Å². The Morgan fingerprint density at radius 2 is 1.87 bits per heavy atom. The van der Waals surface area contributed by atoms with Crippen LogP contribution in [0.2, 0.25) is 0 Å². The highest BCUT2D eigenvalue weighted by Crippen LogP contribution is 2.26. The lowest BCUT2D eigenvalue weighted by Gasteiger charge is -2.12. The number of carbonyl (C=O) groups is 1. The molecular formula is C22H16N6O2. The first kappa shape index (κ1) is 18.8. The molecule has 0 spiro atoms. The third-order valence-corrected chi connectivity index (χ3v) is 4.39.